The van der Waals surface area contributed by atoms with E-state index in [2.05, 4.69) is 27.9 Å². The fourth-order valence-corrected chi connectivity index (χ4v) is 5.69. The fraction of sp³-hybridized carbons (Fsp3) is 0.375. The summed E-state index contributed by atoms with van der Waals surface area (Å²) in [7, 11) is 0. The number of fused-ring (bicyclic) bond motifs is 5. The Balaban J connectivity index is 1.27. The lowest BCUT2D eigenvalue weighted by molar-refractivity contribution is -0.142. The SMILES string of the molecule is O=C(Nc1ccc(I)c(Cl)c1)c1ccc(CN2C(=O)C3C4CCCOC(C4)C3C2=O)cc1. The van der Waals surface area contributed by atoms with Gasteiger partial charge in [0, 0.05) is 21.4 Å². The number of hydrogen-bond acceptors (Lipinski definition) is 4. The molecule has 1 saturated carbocycles. The molecule has 2 saturated heterocycles. The Morgan fingerprint density at radius 3 is 2.62 bits per heavy atom. The molecular weight excluding hydrogens is 543 g/mol. The van der Waals surface area contributed by atoms with E-state index < -0.39 is 0 Å². The first kappa shape index (κ1) is 21.9. The van der Waals surface area contributed by atoms with Crippen LogP contribution in [0.4, 0.5) is 5.69 Å². The summed E-state index contributed by atoms with van der Waals surface area (Å²) in [5, 5.41) is 3.41. The van der Waals surface area contributed by atoms with E-state index in [0.717, 1.165) is 28.4 Å². The zero-order chi connectivity index (χ0) is 22.4. The minimum Gasteiger partial charge on any atom is -0.377 e. The molecule has 166 valence electrons. The maximum absolute atomic E-state index is 13.1. The molecule has 2 aromatic rings. The van der Waals surface area contributed by atoms with Gasteiger partial charge in [-0.25, -0.2) is 0 Å². The van der Waals surface area contributed by atoms with Gasteiger partial charge in [0.1, 0.15) is 0 Å². The fourth-order valence-electron chi connectivity index (χ4n) is 5.18. The summed E-state index contributed by atoms with van der Waals surface area (Å²) in [6.07, 6.45) is 2.58. The molecule has 5 rings (SSSR count). The van der Waals surface area contributed by atoms with Gasteiger partial charge in [0.25, 0.3) is 5.91 Å². The predicted molar refractivity (Wildman–Crippen MR) is 128 cm³/mol. The van der Waals surface area contributed by atoms with Gasteiger partial charge in [-0.15, -0.1) is 0 Å². The van der Waals surface area contributed by atoms with Crippen LogP contribution < -0.4 is 5.32 Å². The first-order chi connectivity index (χ1) is 15.4. The third kappa shape index (κ3) is 3.95. The molecule has 4 unspecified atom stereocenters. The number of hydrogen-bond donors (Lipinski definition) is 1. The van der Waals surface area contributed by atoms with Gasteiger partial charge < -0.3 is 10.1 Å². The second-order valence-corrected chi connectivity index (χ2v) is 10.2. The Morgan fingerprint density at radius 2 is 1.88 bits per heavy atom. The lowest BCUT2D eigenvalue weighted by Gasteiger charge is -2.19. The number of likely N-dealkylation sites (tertiary alicyclic amines) is 1. The average Bonchev–Trinajstić information content (AvgIpc) is 3.11. The minimum absolute atomic E-state index is 0.0737. The molecule has 2 bridgehead atoms. The van der Waals surface area contributed by atoms with Gasteiger partial charge in [-0.05, 0) is 83.7 Å². The van der Waals surface area contributed by atoms with Crippen molar-refractivity contribution in [3.05, 3.63) is 62.2 Å². The van der Waals surface area contributed by atoms with E-state index in [1.165, 1.54) is 4.90 Å². The maximum atomic E-state index is 13.1. The Morgan fingerprint density at radius 1 is 1.12 bits per heavy atom. The number of halogens is 2. The zero-order valence-electron chi connectivity index (χ0n) is 17.2. The second kappa shape index (κ2) is 8.76. The normalized spacial score (nSPS) is 26.8. The number of rotatable bonds is 4. The zero-order valence-corrected chi connectivity index (χ0v) is 20.1. The van der Waals surface area contributed by atoms with Gasteiger partial charge >= 0.3 is 0 Å². The molecule has 2 aliphatic heterocycles. The molecule has 0 aromatic heterocycles. The van der Waals surface area contributed by atoms with E-state index in [1.54, 1.807) is 36.4 Å². The standard InChI is InChI=1S/C24H22ClIN2O4/c25-17-11-16(7-8-18(17)26)27-22(29)14-5-3-13(4-6-14)12-28-23(30)20-15-2-1-9-32-19(10-15)21(20)24(28)31/h3-8,11,15,19-21H,1-2,9-10,12H2,(H,27,29). The van der Waals surface area contributed by atoms with Crippen LogP contribution in [0.3, 0.4) is 0 Å². The number of carbonyl (C=O) groups excluding carboxylic acids is 3. The van der Waals surface area contributed by atoms with Crippen LogP contribution in [0, 0.1) is 21.3 Å². The molecule has 4 atom stereocenters. The average molecular weight is 565 g/mol. The quantitative estimate of drug-likeness (QED) is 0.439. The molecule has 32 heavy (non-hydrogen) atoms. The number of amides is 3. The summed E-state index contributed by atoms with van der Waals surface area (Å²) in [5.41, 5.74) is 1.91. The smallest absolute Gasteiger partial charge is 0.255 e. The van der Waals surface area contributed by atoms with Crippen molar-refractivity contribution in [2.24, 2.45) is 17.8 Å². The van der Waals surface area contributed by atoms with Gasteiger partial charge in [0.05, 0.1) is 29.5 Å². The molecule has 3 aliphatic rings. The van der Waals surface area contributed by atoms with E-state index >= 15 is 0 Å². The van der Waals surface area contributed by atoms with Crippen molar-refractivity contribution in [2.75, 3.05) is 11.9 Å². The van der Waals surface area contributed by atoms with Crippen LogP contribution in [0.2, 0.25) is 5.02 Å². The van der Waals surface area contributed by atoms with E-state index in [4.69, 9.17) is 16.3 Å². The van der Waals surface area contributed by atoms with Gasteiger partial charge in [0.15, 0.2) is 0 Å². The van der Waals surface area contributed by atoms with Crippen molar-refractivity contribution >= 4 is 57.6 Å². The third-order valence-electron chi connectivity index (χ3n) is 6.72. The van der Waals surface area contributed by atoms with Gasteiger partial charge in [-0.3, -0.25) is 19.3 Å². The molecule has 0 radical (unpaired) electrons. The van der Waals surface area contributed by atoms with Crippen molar-refractivity contribution in [3.8, 4) is 0 Å². The van der Waals surface area contributed by atoms with Gasteiger partial charge in [0.2, 0.25) is 11.8 Å². The third-order valence-corrected chi connectivity index (χ3v) is 8.29. The highest BCUT2D eigenvalue weighted by Gasteiger charge is 2.59. The summed E-state index contributed by atoms with van der Waals surface area (Å²) in [6.45, 7) is 0.891. The van der Waals surface area contributed by atoms with Gasteiger partial charge in [-0.1, -0.05) is 23.7 Å². The Bertz CT molecular complexity index is 1060. The second-order valence-electron chi connectivity index (χ2n) is 8.64. The minimum atomic E-state index is -0.335. The molecule has 2 heterocycles. The van der Waals surface area contributed by atoms with E-state index in [1.807, 2.05) is 6.07 Å². The van der Waals surface area contributed by atoms with Crippen LogP contribution in [0.15, 0.2) is 42.5 Å². The first-order valence-electron chi connectivity index (χ1n) is 10.7. The van der Waals surface area contributed by atoms with Crippen LogP contribution in [0.5, 0.6) is 0 Å². The Hall–Kier alpha value is -1.97. The van der Waals surface area contributed by atoms with E-state index in [9.17, 15) is 14.4 Å². The summed E-state index contributed by atoms with van der Waals surface area (Å²) < 4.78 is 6.79. The number of anilines is 1. The van der Waals surface area contributed by atoms with Gasteiger partial charge in [-0.2, -0.15) is 0 Å². The predicted octanol–water partition coefficient (Wildman–Crippen LogP) is 4.50. The number of benzene rings is 2. The number of imide groups is 1. The molecule has 3 amide bonds. The molecule has 6 nitrogen and oxygen atoms in total. The number of nitrogens with zero attached hydrogens (tertiary/aromatic N) is 1. The number of carbonyl (C=O) groups is 3. The number of nitrogens with one attached hydrogen (secondary N) is 1. The summed E-state index contributed by atoms with van der Waals surface area (Å²) in [6, 6.07) is 12.3. The summed E-state index contributed by atoms with van der Waals surface area (Å²) in [4.78, 5) is 40.0. The molecule has 3 fully saturated rings. The molecular formula is C24H22ClIN2O4. The van der Waals surface area contributed by atoms with Crippen molar-refractivity contribution in [3.63, 3.8) is 0 Å². The van der Waals surface area contributed by atoms with Crippen molar-refractivity contribution < 1.29 is 19.1 Å². The van der Waals surface area contributed by atoms with Crippen molar-refractivity contribution in [2.45, 2.75) is 31.9 Å². The van der Waals surface area contributed by atoms with Crippen LogP contribution >= 0.6 is 34.2 Å². The largest absolute Gasteiger partial charge is 0.377 e. The van der Waals surface area contributed by atoms with Crippen LogP contribution in [-0.2, 0) is 20.9 Å². The molecule has 2 aromatic carbocycles. The molecule has 0 spiro atoms. The molecule has 8 heteroatoms. The van der Waals surface area contributed by atoms with E-state index in [-0.39, 0.29) is 48.1 Å². The Kier molecular flexibility index (Phi) is 5.98. The van der Waals surface area contributed by atoms with Crippen LogP contribution in [0.1, 0.15) is 35.2 Å². The molecule has 1 N–H and O–H groups in total. The first-order valence-corrected chi connectivity index (χ1v) is 12.2. The molecule has 1 aliphatic carbocycles. The van der Waals surface area contributed by atoms with Crippen molar-refractivity contribution in [1.29, 1.82) is 0 Å². The monoisotopic (exact) mass is 564 g/mol. The Labute approximate surface area is 204 Å². The highest BCUT2D eigenvalue weighted by atomic mass is 127. The van der Waals surface area contributed by atoms with Crippen molar-refractivity contribution in [1.82, 2.24) is 4.90 Å². The lowest BCUT2D eigenvalue weighted by atomic mass is 9.88. The summed E-state index contributed by atoms with van der Waals surface area (Å²) in [5.74, 6) is -0.771. The lowest BCUT2D eigenvalue weighted by Crippen LogP contribution is -2.34. The number of ether oxygens (including phenoxy) is 1. The topological polar surface area (TPSA) is 75.7 Å². The highest BCUT2D eigenvalue weighted by Crippen LogP contribution is 2.48. The van der Waals surface area contributed by atoms with Crippen LogP contribution in [-0.4, -0.2) is 35.3 Å². The summed E-state index contributed by atoms with van der Waals surface area (Å²) >= 11 is 8.24. The highest BCUT2D eigenvalue weighted by molar-refractivity contribution is 14.1. The van der Waals surface area contributed by atoms with Crippen LogP contribution in [0.25, 0.3) is 0 Å². The maximum Gasteiger partial charge on any atom is 0.255 e. The van der Waals surface area contributed by atoms with E-state index in [0.29, 0.717) is 22.9 Å².